The Morgan fingerprint density at radius 2 is 1.48 bits per heavy atom. The molecule has 4 heteroatoms. The molecule has 2 bridgehead atoms. The lowest BCUT2D eigenvalue weighted by Crippen LogP contribution is -2.33. The second-order valence-electron chi connectivity index (χ2n) is 7.93. The zero-order chi connectivity index (χ0) is 21.4. The Labute approximate surface area is 174 Å². The number of nitrogens with zero attached hydrogens (tertiary/aromatic N) is 1. The molecule has 0 aromatic heterocycles. The van der Waals surface area contributed by atoms with E-state index in [1.165, 1.54) is 17.1 Å². The molecule has 0 saturated heterocycles. The summed E-state index contributed by atoms with van der Waals surface area (Å²) in [6.07, 6.45) is 17.1. The first kappa shape index (κ1) is 22.8. The number of fused-ring (bicyclic) bond motifs is 2. The van der Waals surface area contributed by atoms with E-state index in [0.29, 0.717) is 17.6 Å². The van der Waals surface area contributed by atoms with E-state index >= 15 is 0 Å². The Morgan fingerprint density at radius 3 is 2.24 bits per heavy atom. The summed E-state index contributed by atoms with van der Waals surface area (Å²) in [7, 11) is 1.57. The number of Topliss-reactive ketones (excluding diaryl/α,β-unsaturated/α-hetero) is 1. The molecule has 1 aliphatic carbocycles. The van der Waals surface area contributed by atoms with Crippen LogP contribution in [0.3, 0.4) is 0 Å². The molecule has 0 radical (unpaired) electrons. The first-order valence-electron chi connectivity index (χ1n) is 10.6. The van der Waals surface area contributed by atoms with E-state index in [1.54, 1.807) is 14.0 Å². The van der Waals surface area contributed by atoms with E-state index in [4.69, 9.17) is 0 Å². The van der Waals surface area contributed by atoms with Gasteiger partial charge in [0.25, 0.3) is 5.91 Å². The zero-order valence-electron chi connectivity index (χ0n) is 18.2. The molecule has 1 heterocycles. The largest absolute Gasteiger partial charge is 0.308 e. The van der Waals surface area contributed by atoms with Gasteiger partial charge in [0.2, 0.25) is 5.78 Å². The maximum absolute atomic E-state index is 13.0. The SMILES string of the molecule is CC1=CCCC=CCCCCCCC2=CC(=O)C=C(C2=O)N(C)C(=O)C(C)=C1C. The predicted molar refractivity (Wildman–Crippen MR) is 117 cm³/mol. The predicted octanol–water partition coefficient (Wildman–Crippen LogP) is 5.38. The summed E-state index contributed by atoms with van der Waals surface area (Å²) in [5, 5.41) is 0. The van der Waals surface area contributed by atoms with Crippen molar-refractivity contribution in [2.45, 2.75) is 72.1 Å². The molecule has 4 nitrogen and oxygen atoms in total. The van der Waals surface area contributed by atoms with Gasteiger partial charge in [-0.2, -0.15) is 0 Å². The highest BCUT2D eigenvalue weighted by molar-refractivity contribution is 6.21. The summed E-state index contributed by atoms with van der Waals surface area (Å²) < 4.78 is 0. The Balaban J connectivity index is 2.32. The van der Waals surface area contributed by atoms with E-state index < -0.39 is 0 Å². The van der Waals surface area contributed by atoms with Crippen molar-refractivity contribution in [1.29, 1.82) is 0 Å². The summed E-state index contributed by atoms with van der Waals surface area (Å²) >= 11 is 0. The second kappa shape index (κ2) is 10.9. The third kappa shape index (κ3) is 6.25. The Hall–Kier alpha value is -2.49. The van der Waals surface area contributed by atoms with Crippen molar-refractivity contribution in [3.8, 4) is 0 Å². The van der Waals surface area contributed by atoms with Gasteiger partial charge in [-0.15, -0.1) is 0 Å². The maximum atomic E-state index is 13.0. The van der Waals surface area contributed by atoms with Gasteiger partial charge in [0.05, 0.1) is 5.70 Å². The molecule has 0 unspecified atom stereocenters. The quantitative estimate of drug-likeness (QED) is 0.409. The van der Waals surface area contributed by atoms with Crippen LogP contribution in [0.15, 0.2) is 58.4 Å². The van der Waals surface area contributed by atoms with Crippen molar-refractivity contribution in [2.24, 2.45) is 0 Å². The minimum absolute atomic E-state index is 0.174. The van der Waals surface area contributed by atoms with Crippen LogP contribution >= 0.6 is 0 Å². The van der Waals surface area contributed by atoms with Gasteiger partial charge in [-0.3, -0.25) is 14.4 Å². The first-order valence-corrected chi connectivity index (χ1v) is 10.6. The van der Waals surface area contributed by atoms with Gasteiger partial charge >= 0.3 is 0 Å². The number of amides is 1. The normalized spacial score (nSPS) is 21.2. The molecule has 0 spiro atoms. The number of carbonyl (C=O) groups excluding carboxylic acids is 3. The van der Waals surface area contributed by atoms with Gasteiger partial charge in [0.15, 0.2) is 5.78 Å². The zero-order valence-corrected chi connectivity index (χ0v) is 18.2. The highest BCUT2D eigenvalue weighted by atomic mass is 16.2. The minimum Gasteiger partial charge on any atom is -0.308 e. The average molecular weight is 396 g/mol. The van der Waals surface area contributed by atoms with E-state index in [-0.39, 0.29) is 23.2 Å². The Bertz CT molecular complexity index is 821. The molecule has 2 aliphatic rings. The van der Waals surface area contributed by atoms with Crippen LogP contribution in [0.1, 0.15) is 72.1 Å². The van der Waals surface area contributed by atoms with Crippen molar-refractivity contribution in [2.75, 3.05) is 7.05 Å². The molecule has 1 aliphatic heterocycles. The van der Waals surface area contributed by atoms with Crippen LogP contribution in [0.2, 0.25) is 0 Å². The molecule has 29 heavy (non-hydrogen) atoms. The number of rotatable bonds is 0. The van der Waals surface area contributed by atoms with Gasteiger partial charge in [-0.1, -0.05) is 36.6 Å². The maximum Gasteiger partial charge on any atom is 0.254 e. The topological polar surface area (TPSA) is 54.5 Å². The summed E-state index contributed by atoms with van der Waals surface area (Å²) in [4.78, 5) is 39.4. The van der Waals surface area contributed by atoms with Crippen LogP contribution in [-0.2, 0) is 14.4 Å². The van der Waals surface area contributed by atoms with Crippen LogP contribution in [0.4, 0.5) is 0 Å². The smallest absolute Gasteiger partial charge is 0.254 e. The van der Waals surface area contributed by atoms with E-state index in [1.807, 2.05) is 13.8 Å². The number of hydrogen-bond donors (Lipinski definition) is 0. The summed E-state index contributed by atoms with van der Waals surface area (Å²) in [6.45, 7) is 5.72. The number of carbonyl (C=O) groups is 3. The lowest BCUT2D eigenvalue weighted by Gasteiger charge is -2.24. The fourth-order valence-electron chi connectivity index (χ4n) is 3.61. The van der Waals surface area contributed by atoms with Gasteiger partial charge in [-0.25, -0.2) is 0 Å². The highest BCUT2D eigenvalue weighted by Gasteiger charge is 2.28. The van der Waals surface area contributed by atoms with Gasteiger partial charge in [0.1, 0.15) is 0 Å². The number of likely N-dealkylation sites (N-methyl/N-ethyl adjacent to an activating group) is 1. The van der Waals surface area contributed by atoms with Crippen LogP contribution in [0.5, 0.6) is 0 Å². The molecule has 0 fully saturated rings. The molecule has 0 aromatic carbocycles. The van der Waals surface area contributed by atoms with Crippen LogP contribution < -0.4 is 0 Å². The van der Waals surface area contributed by atoms with E-state index in [0.717, 1.165) is 56.1 Å². The number of allylic oxidation sites excluding steroid dienone is 8. The third-order valence-corrected chi connectivity index (χ3v) is 5.78. The molecule has 0 N–H and O–H groups in total. The first-order chi connectivity index (χ1) is 13.8. The number of hydrogen-bond acceptors (Lipinski definition) is 3. The van der Waals surface area contributed by atoms with Gasteiger partial charge in [-0.05, 0) is 70.9 Å². The third-order valence-electron chi connectivity index (χ3n) is 5.78. The fraction of sp³-hybridized carbons (Fsp3) is 0.480. The van der Waals surface area contributed by atoms with Gasteiger partial charge in [0, 0.05) is 24.3 Å². The molecule has 2 rings (SSSR count). The summed E-state index contributed by atoms with van der Waals surface area (Å²) in [5.41, 5.74) is 3.26. The summed E-state index contributed by atoms with van der Waals surface area (Å²) in [6, 6.07) is 0. The van der Waals surface area contributed by atoms with E-state index in [9.17, 15) is 14.4 Å². The number of ketones is 2. The molecule has 156 valence electrons. The minimum atomic E-state index is -0.248. The van der Waals surface area contributed by atoms with Gasteiger partial charge < -0.3 is 4.90 Å². The average Bonchev–Trinajstić information content (AvgIpc) is 2.70. The molecular formula is C25H33NO3. The lowest BCUT2D eigenvalue weighted by atomic mass is 9.94. The molecular weight excluding hydrogens is 362 g/mol. The Kier molecular flexibility index (Phi) is 8.56. The fourth-order valence-corrected chi connectivity index (χ4v) is 3.61. The monoisotopic (exact) mass is 395 g/mol. The van der Waals surface area contributed by atoms with Crippen LogP contribution in [-0.4, -0.2) is 29.4 Å². The van der Waals surface area contributed by atoms with E-state index in [2.05, 4.69) is 18.2 Å². The van der Waals surface area contributed by atoms with Crippen molar-refractivity contribution in [1.82, 2.24) is 4.90 Å². The molecule has 0 aromatic rings. The highest BCUT2D eigenvalue weighted by Crippen LogP contribution is 2.24. The van der Waals surface area contributed by atoms with Crippen molar-refractivity contribution in [3.05, 3.63) is 58.4 Å². The summed E-state index contributed by atoms with van der Waals surface area (Å²) in [5.74, 6) is -0.680. The van der Waals surface area contributed by atoms with Crippen molar-refractivity contribution in [3.63, 3.8) is 0 Å². The molecule has 1 amide bonds. The second-order valence-corrected chi connectivity index (χ2v) is 7.93. The van der Waals surface area contributed by atoms with Crippen molar-refractivity contribution >= 4 is 17.5 Å². The van der Waals surface area contributed by atoms with Crippen LogP contribution in [0.25, 0.3) is 0 Å². The molecule has 0 saturated carbocycles. The Morgan fingerprint density at radius 1 is 0.793 bits per heavy atom. The van der Waals surface area contributed by atoms with Crippen LogP contribution in [0, 0.1) is 0 Å². The lowest BCUT2D eigenvalue weighted by molar-refractivity contribution is -0.127. The molecule has 0 atom stereocenters. The van der Waals surface area contributed by atoms with Crippen molar-refractivity contribution < 1.29 is 14.4 Å². The standard InChI is InChI=1S/C25H33NO3/c1-18-14-12-10-8-6-5-7-9-11-13-15-21-16-22(27)17-23(24(21)28)26(4)25(29)20(3)19(18)2/h6,8,14,16-17H,5,7,9-13,15H2,1-4H3.